The first-order valence-electron chi connectivity index (χ1n) is 7.14. The zero-order valence-corrected chi connectivity index (χ0v) is 13.4. The average Bonchev–Trinajstić information content (AvgIpc) is 2.45. The third kappa shape index (κ3) is 5.55. The van der Waals surface area contributed by atoms with Crippen LogP contribution in [0.2, 0.25) is 0 Å². The fourth-order valence-corrected chi connectivity index (χ4v) is 1.66. The zero-order valence-electron chi connectivity index (χ0n) is 13.4. The first-order chi connectivity index (χ1) is 10.2. The minimum absolute atomic E-state index is 0.0954. The van der Waals surface area contributed by atoms with Crippen LogP contribution in [0.15, 0.2) is 24.3 Å². The van der Waals surface area contributed by atoms with Crippen LogP contribution in [0.25, 0.3) is 0 Å². The molecule has 6 nitrogen and oxygen atoms in total. The predicted molar refractivity (Wildman–Crippen MR) is 85.5 cm³/mol. The maximum absolute atomic E-state index is 11.8. The Hall–Kier alpha value is -2.37. The molecule has 0 heterocycles. The normalized spacial score (nSPS) is 10.7. The first kappa shape index (κ1) is 17.7. The molecule has 0 aliphatic rings. The van der Waals surface area contributed by atoms with Gasteiger partial charge in [0.05, 0.1) is 0 Å². The molecule has 0 bridgehead atoms. The van der Waals surface area contributed by atoms with Crippen LogP contribution in [0.4, 0.5) is 5.69 Å². The van der Waals surface area contributed by atoms with Gasteiger partial charge in [-0.15, -0.1) is 0 Å². The summed E-state index contributed by atoms with van der Waals surface area (Å²) >= 11 is 0. The molecular formula is C16H23N3O3. The van der Waals surface area contributed by atoms with E-state index in [2.05, 4.69) is 16.0 Å². The van der Waals surface area contributed by atoms with E-state index in [1.807, 2.05) is 20.8 Å². The lowest BCUT2D eigenvalue weighted by atomic mass is 9.96. The van der Waals surface area contributed by atoms with Crippen molar-refractivity contribution in [3.8, 4) is 0 Å². The van der Waals surface area contributed by atoms with Crippen LogP contribution in [0.3, 0.4) is 0 Å². The van der Waals surface area contributed by atoms with Gasteiger partial charge in [0.1, 0.15) is 0 Å². The summed E-state index contributed by atoms with van der Waals surface area (Å²) in [7, 11) is 1.55. The molecule has 0 spiro atoms. The van der Waals surface area contributed by atoms with Crippen molar-refractivity contribution in [2.75, 3.05) is 18.9 Å². The van der Waals surface area contributed by atoms with Gasteiger partial charge >= 0.3 is 0 Å². The van der Waals surface area contributed by atoms with Crippen LogP contribution in [-0.4, -0.2) is 31.3 Å². The van der Waals surface area contributed by atoms with Crippen LogP contribution in [0.5, 0.6) is 0 Å². The molecule has 3 N–H and O–H groups in total. The van der Waals surface area contributed by atoms with Gasteiger partial charge in [-0.3, -0.25) is 14.4 Å². The second-order valence-electron chi connectivity index (χ2n) is 5.96. The lowest BCUT2D eigenvalue weighted by molar-refractivity contribution is -0.128. The lowest BCUT2D eigenvalue weighted by Gasteiger charge is -2.17. The van der Waals surface area contributed by atoms with E-state index in [0.29, 0.717) is 11.3 Å². The van der Waals surface area contributed by atoms with E-state index in [0.717, 1.165) is 0 Å². The molecule has 0 fully saturated rings. The van der Waals surface area contributed by atoms with Gasteiger partial charge in [-0.05, 0) is 18.2 Å². The summed E-state index contributed by atoms with van der Waals surface area (Å²) < 4.78 is 0. The molecule has 0 saturated carbocycles. The van der Waals surface area contributed by atoms with E-state index >= 15 is 0 Å². The smallest absolute Gasteiger partial charge is 0.251 e. The lowest BCUT2D eigenvalue weighted by Crippen LogP contribution is -2.36. The molecule has 1 aromatic carbocycles. The Morgan fingerprint density at radius 2 is 1.82 bits per heavy atom. The Labute approximate surface area is 130 Å². The van der Waals surface area contributed by atoms with E-state index in [4.69, 9.17) is 0 Å². The summed E-state index contributed by atoms with van der Waals surface area (Å²) in [4.78, 5) is 35.0. The average molecular weight is 305 g/mol. The van der Waals surface area contributed by atoms with Gasteiger partial charge in [0.2, 0.25) is 11.8 Å². The maximum Gasteiger partial charge on any atom is 0.251 e. The van der Waals surface area contributed by atoms with Crippen molar-refractivity contribution in [1.29, 1.82) is 0 Å². The molecule has 0 radical (unpaired) electrons. The van der Waals surface area contributed by atoms with E-state index in [1.54, 1.807) is 31.3 Å². The van der Waals surface area contributed by atoms with Crippen molar-refractivity contribution in [2.45, 2.75) is 27.2 Å². The number of carbonyl (C=O) groups is 3. The highest BCUT2D eigenvalue weighted by atomic mass is 16.2. The van der Waals surface area contributed by atoms with Gasteiger partial charge < -0.3 is 16.0 Å². The quantitative estimate of drug-likeness (QED) is 0.771. The second kappa shape index (κ2) is 7.59. The molecule has 0 atom stereocenters. The Balaban J connectivity index is 2.49. The van der Waals surface area contributed by atoms with Crippen LogP contribution >= 0.6 is 0 Å². The van der Waals surface area contributed by atoms with Gasteiger partial charge in [-0.2, -0.15) is 0 Å². The van der Waals surface area contributed by atoms with E-state index < -0.39 is 5.41 Å². The number of hydrogen-bond acceptors (Lipinski definition) is 3. The largest absolute Gasteiger partial charge is 0.355 e. The maximum atomic E-state index is 11.8. The Morgan fingerprint density at radius 3 is 2.41 bits per heavy atom. The molecule has 1 rings (SSSR count). The number of nitrogens with one attached hydrogen (secondary N) is 3. The summed E-state index contributed by atoms with van der Waals surface area (Å²) in [5.41, 5.74) is 0.549. The highest BCUT2D eigenvalue weighted by molar-refractivity contribution is 5.97. The monoisotopic (exact) mass is 305 g/mol. The predicted octanol–water partition coefficient (Wildman–Crippen LogP) is 1.54. The SMILES string of the molecule is CNC(=O)c1cccc(NC(=O)CCNC(=O)C(C)(C)C)c1. The van der Waals surface area contributed by atoms with Crippen LogP contribution in [-0.2, 0) is 9.59 Å². The molecular weight excluding hydrogens is 282 g/mol. The Morgan fingerprint density at radius 1 is 1.14 bits per heavy atom. The topological polar surface area (TPSA) is 87.3 Å². The molecule has 0 aliphatic carbocycles. The van der Waals surface area contributed by atoms with Gasteiger partial charge in [0, 0.05) is 36.7 Å². The molecule has 0 unspecified atom stereocenters. The molecule has 120 valence electrons. The van der Waals surface area contributed by atoms with E-state index in [9.17, 15) is 14.4 Å². The van der Waals surface area contributed by atoms with Gasteiger partial charge in [0.25, 0.3) is 5.91 Å². The molecule has 6 heteroatoms. The highest BCUT2D eigenvalue weighted by Gasteiger charge is 2.20. The van der Waals surface area contributed by atoms with Crippen LogP contribution < -0.4 is 16.0 Å². The molecule has 0 aromatic heterocycles. The summed E-state index contributed by atoms with van der Waals surface area (Å²) in [6, 6.07) is 6.67. The van der Waals surface area contributed by atoms with Crippen molar-refractivity contribution in [3.05, 3.63) is 29.8 Å². The van der Waals surface area contributed by atoms with Gasteiger partial charge in [0.15, 0.2) is 0 Å². The minimum atomic E-state index is -0.474. The Bertz CT molecular complexity index is 562. The van der Waals surface area contributed by atoms with E-state index in [-0.39, 0.29) is 30.7 Å². The Kier molecular flexibility index (Phi) is 6.10. The first-order valence-corrected chi connectivity index (χ1v) is 7.14. The second-order valence-corrected chi connectivity index (χ2v) is 5.96. The van der Waals surface area contributed by atoms with Crippen LogP contribution in [0.1, 0.15) is 37.6 Å². The fraction of sp³-hybridized carbons (Fsp3) is 0.438. The summed E-state index contributed by atoms with van der Waals surface area (Å²) in [6.07, 6.45) is 0.173. The number of amides is 3. The molecule has 22 heavy (non-hydrogen) atoms. The van der Waals surface area contributed by atoms with Crippen molar-refractivity contribution in [1.82, 2.24) is 10.6 Å². The minimum Gasteiger partial charge on any atom is -0.355 e. The summed E-state index contributed by atoms with van der Waals surface area (Å²) in [5, 5.41) is 7.94. The molecule has 1 aromatic rings. The highest BCUT2D eigenvalue weighted by Crippen LogP contribution is 2.13. The third-order valence-electron chi connectivity index (χ3n) is 2.95. The summed E-state index contributed by atoms with van der Waals surface area (Å²) in [6.45, 7) is 5.71. The number of carbonyl (C=O) groups excluding carboxylic acids is 3. The fourth-order valence-electron chi connectivity index (χ4n) is 1.66. The van der Waals surface area contributed by atoms with Crippen molar-refractivity contribution in [3.63, 3.8) is 0 Å². The molecule has 0 aliphatic heterocycles. The molecule has 0 saturated heterocycles. The number of benzene rings is 1. The van der Waals surface area contributed by atoms with Crippen molar-refractivity contribution >= 4 is 23.4 Å². The number of hydrogen-bond donors (Lipinski definition) is 3. The number of rotatable bonds is 5. The van der Waals surface area contributed by atoms with Crippen molar-refractivity contribution in [2.24, 2.45) is 5.41 Å². The van der Waals surface area contributed by atoms with Crippen molar-refractivity contribution < 1.29 is 14.4 Å². The van der Waals surface area contributed by atoms with E-state index in [1.165, 1.54) is 0 Å². The standard InChI is InChI=1S/C16H23N3O3/c1-16(2,3)15(22)18-9-8-13(20)19-12-7-5-6-11(10-12)14(21)17-4/h5-7,10H,8-9H2,1-4H3,(H,17,21)(H,18,22)(H,19,20). The summed E-state index contributed by atoms with van der Waals surface area (Å²) in [5.74, 6) is -0.529. The zero-order chi connectivity index (χ0) is 16.8. The number of anilines is 1. The van der Waals surface area contributed by atoms with Gasteiger partial charge in [-0.1, -0.05) is 26.8 Å². The van der Waals surface area contributed by atoms with Gasteiger partial charge in [-0.25, -0.2) is 0 Å². The third-order valence-corrected chi connectivity index (χ3v) is 2.95. The van der Waals surface area contributed by atoms with Crippen LogP contribution in [0, 0.1) is 5.41 Å². The molecule has 3 amide bonds.